The van der Waals surface area contributed by atoms with E-state index >= 15 is 0 Å². The molecule has 0 aromatic carbocycles. The molecule has 1 aromatic rings. The fraction of sp³-hybridized carbons (Fsp3) is 0.667. The molecule has 0 radical (unpaired) electrons. The van der Waals surface area contributed by atoms with Gasteiger partial charge in [0.05, 0.1) is 11.5 Å². The molecular weight excluding hydrogens is 338 g/mol. The Labute approximate surface area is 161 Å². The molecule has 3 fully saturated rings. The molecule has 6 nitrogen and oxygen atoms in total. The molecule has 1 unspecified atom stereocenters. The number of rotatable bonds is 3. The first kappa shape index (κ1) is 18.2. The Hall–Kier alpha value is -2.13. The Morgan fingerprint density at radius 1 is 1.04 bits per heavy atom. The monoisotopic (exact) mass is 367 g/mol. The Bertz CT molecular complexity index is 684. The normalized spacial score (nSPS) is 24.8. The number of nitriles is 1. The van der Waals surface area contributed by atoms with Crippen molar-refractivity contribution in [1.82, 2.24) is 14.8 Å². The van der Waals surface area contributed by atoms with Gasteiger partial charge in [0.2, 0.25) is 5.91 Å². The smallest absolute Gasteiger partial charge is 0.226 e. The second-order valence-corrected chi connectivity index (χ2v) is 8.10. The van der Waals surface area contributed by atoms with Crippen molar-refractivity contribution in [3.05, 3.63) is 23.9 Å². The van der Waals surface area contributed by atoms with Crippen molar-refractivity contribution in [1.29, 1.82) is 5.26 Å². The standard InChI is InChI=1S/C21H29N5O/c22-14-17-5-6-20(23-15-17)24-12-7-19(8-13-24)26-11-3-4-18(16-26)21(27)25-9-1-2-10-25/h5-6,15,18-19H,1-4,7-13,16H2. The van der Waals surface area contributed by atoms with Gasteiger partial charge in [0, 0.05) is 45.0 Å². The number of hydrogen-bond donors (Lipinski definition) is 0. The number of carbonyl (C=O) groups excluding carboxylic acids is 1. The minimum Gasteiger partial charge on any atom is -0.357 e. The molecule has 1 aromatic heterocycles. The average Bonchev–Trinajstić information content (AvgIpc) is 3.28. The van der Waals surface area contributed by atoms with Crippen LogP contribution in [0.4, 0.5) is 5.82 Å². The van der Waals surface area contributed by atoms with Crippen LogP contribution in [0.15, 0.2) is 18.3 Å². The predicted molar refractivity (Wildman–Crippen MR) is 104 cm³/mol. The number of aromatic nitrogens is 1. The van der Waals surface area contributed by atoms with Gasteiger partial charge in [-0.1, -0.05) is 0 Å². The maximum atomic E-state index is 12.8. The summed E-state index contributed by atoms with van der Waals surface area (Å²) in [6.07, 6.45) is 8.43. The van der Waals surface area contributed by atoms with E-state index in [1.165, 1.54) is 12.8 Å². The fourth-order valence-electron chi connectivity index (χ4n) is 4.83. The second-order valence-electron chi connectivity index (χ2n) is 8.10. The molecule has 6 heteroatoms. The summed E-state index contributed by atoms with van der Waals surface area (Å²) in [4.78, 5) is 24.2. The van der Waals surface area contributed by atoms with Crippen molar-refractivity contribution < 1.29 is 4.79 Å². The van der Waals surface area contributed by atoms with Crippen LogP contribution in [0.2, 0.25) is 0 Å². The van der Waals surface area contributed by atoms with Gasteiger partial charge < -0.3 is 9.80 Å². The Kier molecular flexibility index (Phi) is 5.58. The van der Waals surface area contributed by atoms with E-state index in [1.54, 1.807) is 6.20 Å². The van der Waals surface area contributed by atoms with E-state index in [1.807, 2.05) is 12.1 Å². The van der Waals surface area contributed by atoms with Crippen LogP contribution < -0.4 is 4.90 Å². The van der Waals surface area contributed by atoms with E-state index in [9.17, 15) is 4.79 Å². The van der Waals surface area contributed by atoms with Crippen LogP contribution in [-0.2, 0) is 4.79 Å². The van der Waals surface area contributed by atoms with Gasteiger partial charge >= 0.3 is 0 Å². The third-order valence-corrected chi connectivity index (χ3v) is 6.40. The third-order valence-electron chi connectivity index (χ3n) is 6.40. The summed E-state index contributed by atoms with van der Waals surface area (Å²) < 4.78 is 0. The molecule has 3 saturated heterocycles. The van der Waals surface area contributed by atoms with Gasteiger partial charge in [0.15, 0.2) is 0 Å². The van der Waals surface area contributed by atoms with Crippen molar-refractivity contribution in [2.24, 2.45) is 5.92 Å². The van der Waals surface area contributed by atoms with Gasteiger partial charge in [-0.05, 0) is 57.2 Å². The van der Waals surface area contributed by atoms with Gasteiger partial charge in [0.25, 0.3) is 0 Å². The summed E-state index contributed by atoms with van der Waals surface area (Å²) >= 11 is 0. The lowest BCUT2D eigenvalue weighted by Crippen LogP contribution is -2.51. The highest BCUT2D eigenvalue weighted by Crippen LogP contribution is 2.27. The van der Waals surface area contributed by atoms with Crippen LogP contribution in [0.25, 0.3) is 0 Å². The first-order valence-electron chi connectivity index (χ1n) is 10.4. The van der Waals surface area contributed by atoms with Crippen molar-refractivity contribution >= 4 is 11.7 Å². The van der Waals surface area contributed by atoms with E-state index in [2.05, 4.69) is 25.8 Å². The zero-order chi connectivity index (χ0) is 18.6. The molecule has 3 aliphatic rings. The molecule has 0 saturated carbocycles. The Balaban J connectivity index is 1.30. The number of hydrogen-bond acceptors (Lipinski definition) is 5. The molecule has 0 spiro atoms. The molecule has 4 rings (SSSR count). The topological polar surface area (TPSA) is 63.5 Å². The minimum absolute atomic E-state index is 0.204. The van der Waals surface area contributed by atoms with Crippen LogP contribution in [0.3, 0.4) is 0 Å². The molecule has 4 heterocycles. The van der Waals surface area contributed by atoms with E-state index in [4.69, 9.17) is 5.26 Å². The maximum absolute atomic E-state index is 12.8. The second kappa shape index (κ2) is 8.26. The Morgan fingerprint density at radius 3 is 2.48 bits per heavy atom. The highest BCUT2D eigenvalue weighted by atomic mass is 16.2. The summed E-state index contributed by atoms with van der Waals surface area (Å²) in [5.74, 6) is 1.57. The molecule has 0 aliphatic carbocycles. The summed E-state index contributed by atoms with van der Waals surface area (Å²) in [6, 6.07) is 6.49. The zero-order valence-electron chi connectivity index (χ0n) is 16.0. The van der Waals surface area contributed by atoms with E-state index < -0.39 is 0 Å². The van der Waals surface area contributed by atoms with E-state index in [-0.39, 0.29) is 5.92 Å². The van der Waals surface area contributed by atoms with Crippen LogP contribution in [0.1, 0.15) is 44.1 Å². The molecule has 3 aliphatic heterocycles. The minimum atomic E-state index is 0.204. The number of anilines is 1. The lowest BCUT2D eigenvalue weighted by atomic mass is 9.93. The number of nitrogens with zero attached hydrogens (tertiary/aromatic N) is 5. The molecule has 0 bridgehead atoms. The largest absolute Gasteiger partial charge is 0.357 e. The lowest BCUT2D eigenvalue weighted by Gasteiger charge is -2.42. The lowest BCUT2D eigenvalue weighted by molar-refractivity contribution is -0.136. The number of pyridine rings is 1. The van der Waals surface area contributed by atoms with Crippen LogP contribution in [-0.4, -0.2) is 66.0 Å². The Morgan fingerprint density at radius 2 is 1.81 bits per heavy atom. The molecule has 0 N–H and O–H groups in total. The summed E-state index contributed by atoms with van der Waals surface area (Å²) in [5, 5.41) is 8.91. The number of piperidine rings is 2. The van der Waals surface area contributed by atoms with Gasteiger partial charge in [-0.3, -0.25) is 9.69 Å². The first-order valence-corrected chi connectivity index (χ1v) is 10.4. The fourth-order valence-corrected chi connectivity index (χ4v) is 4.83. The highest BCUT2D eigenvalue weighted by Gasteiger charge is 2.34. The van der Waals surface area contributed by atoms with Crippen LogP contribution in [0.5, 0.6) is 0 Å². The summed E-state index contributed by atoms with van der Waals surface area (Å²) in [7, 11) is 0. The van der Waals surface area contributed by atoms with E-state index in [0.29, 0.717) is 17.5 Å². The van der Waals surface area contributed by atoms with Gasteiger partial charge in [0.1, 0.15) is 11.9 Å². The predicted octanol–water partition coefficient (Wildman–Crippen LogP) is 2.26. The average molecular weight is 367 g/mol. The van der Waals surface area contributed by atoms with Crippen molar-refractivity contribution in [2.75, 3.05) is 44.2 Å². The van der Waals surface area contributed by atoms with Crippen molar-refractivity contribution in [3.8, 4) is 6.07 Å². The number of likely N-dealkylation sites (tertiary alicyclic amines) is 2. The first-order chi connectivity index (χ1) is 13.2. The molecule has 27 heavy (non-hydrogen) atoms. The van der Waals surface area contributed by atoms with Crippen molar-refractivity contribution in [3.63, 3.8) is 0 Å². The molecule has 1 amide bonds. The summed E-state index contributed by atoms with van der Waals surface area (Å²) in [6.45, 7) is 5.98. The molecule has 1 atom stereocenters. The quantitative estimate of drug-likeness (QED) is 0.820. The van der Waals surface area contributed by atoms with Gasteiger partial charge in [-0.15, -0.1) is 0 Å². The zero-order valence-corrected chi connectivity index (χ0v) is 16.0. The van der Waals surface area contributed by atoms with Crippen LogP contribution >= 0.6 is 0 Å². The van der Waals surface area contributed by atoms with Gasteiger partial charge in [-0.25, -0.2) is 4.98 Å². The van der Waals surface area contributed by atoms with Gasteiger partial charge in [-0.2, -0.15) is 5.26 Å². The maximum Gasteiger partial charge on any atom is 0.226 e. The van der Waals surface area contributed by atoms with Crippen molar-refractivity contribution in [2.45, 2.75) is 44.6 Å². The molecule has 144 valence electrons. The summed E-state index contributed by atoms with van der Waals surface area (Å²) in [5.41, 5.74) is 0.607. The highest BCUT2D eigenvalue weighted by molar-refractivity contribution is 5.79. The SMILES string of the molecule is N#Cc1ccc(N2CCC(N3CCCC(C(=O)N4CCCC4)C3)CC2)nc1. The van der Waals surface area contributed by atoms with Crippen LogP contribution in [0, 0.1) is 17.2 Å². The van der Waals surface area contributed by atoms with E-state index in [0.717, 1.165) is 70.8 Å². The number of carbonyl (C=O) groups is 1. The number of amides is 1. The third kappa shape index (κ3) is 4.08. The molecular formula is C21H29N5O.